The van der Waals surface area contributed by atoms with Crippen LogP contribution in [-0.2, 0) is 11.2 Å². The lowest BCUT2D eigenvalue weighted by Gasteiger charge is -2.08. The molecule has 1 atom stereocenters. The van der Waals surface area contributed by atoms with Gasteiger partial charge >= 0.3 is 5.97 Å². The molecule has 14 heavy (non-hydrogen) atoms. The number of carboxylic acids is 1. The summed E-state index contributed by atoms with van der Waals surface area (Å²) in [5.74, 6) is -2.09. The average molecular weight is 210 g/mol. The molecule has 0 aromatic heterocycles. The fourth-order valence-electron chi connectivity index (χ4n) is 1.13. The highest BCUT2D eigenvalue weighted by Gasteiger charge is 2.22. The lowest BCUT2D eigenvalue weighted by atomic mass is 10.0. The maximum Gasteiger partial charge on any atom is 0.315 e. The van der Waals surface area contributed by atoms with Gasteiger partial charge in [0.25, 0.3) is 0 Å². The standard InChI is InChI=1S/C10H10O3S/c11-9(12)8(10(13)14)6-7-4-2-1-3-5-7/h1-5,8H,6H2,(H,11,12)(H,13,14). The van der Waals surface area contributed by atoms with E-state index in [1.807, 2.05) is 18.2 Å². The fraction of sp³-hybridized carbons (Fsp3) is 0.200. The number of carbonyl (C=O) groups is 1. The van der Waals surface area contributed by atoms with Gasteiger partial charge in [-0.3, -0.25) is 4.79 Å². The molecular weight excluding hydrogens is 200 g/mol. The summed E-state index contributed by atoms with van der Waals surface area (Å²) >= 11 is 4.47. The molecule has 1 aromatic rings. The fourth-order valence-corrected chi connectivity index (χ4v) is 1.31. The number of aliphatic carboxylic acids is 1. The van der Waals surface area contributed by atoms with Gasteiger partial charge in [0.1, 0.15) is 5.92 Å². The first-order chi connectivity index (χ1) is 6.61. The molecule has 0 fully saturated rings. The number of aliphatic hydroxyl groups is 1. The monoisotopic (exact) mass is 210 g/mol. The second-order valence-electron chi connectivity index (χ2n) is 2.92. The van der Waals surface area contributed by atoms with Gasteiger partial charge in [-0.1, -0.05) is 30.3 Å². The van der Waals surface area contributed by atoms with Gasteiger partial charge in [0.2, 0.25) is 0 Å². The third-order valence-corrected chi connectivity index (χ3v) is 2.16. The summed E-state index contributed by atoms with van der Waals surface area (Å²) in [6.45, 7) is 0. The van der Waals surface area contributed by atoms with Gasteiger partial charge in [-0.2, -0.15) is 0 Å². The molecule has 2 N–H and O–H groups in total. The molecule has 0 aliphatic rings. The first-order valence-corrected chi connectivity index (χ1v) is 4.51. The van der Waals surface area contributed by atoms with Gasteiger partial charge in [-0.05, 0) is 24.2 Å². The molecule has 1 rings (SSSR count). The van der Waals surface area contributed by atoms with Crippen molar-refractivity contribution in [3.63, 3.8) is 0 Å². The van der Waals surface area contributed by atoms with E-state index >= 15 is 0 Å². The summed E-state index contributed by atoms with van der Waals surface area (Å²) in [6.07, 6.45) is 0.228. The van der Waals surface area contributed by atoms with Gasteiger partial charge in [-0.15, -0.1) is 0 Å². The van der Waals surface area contributed by atoms with E-state index in [9.17, 15) is 4.79 Å². The molecule has 4 heteroatoms. The van der Waals surface area contributed by atoms with Crippen molar-refractivity contribution in [1.82, 2.24) is 0 Å². The maximum atomic E-state index is 10.7. The van der Waals surface area contributed by atoms with Gasteiger partial charge in [-0.25, -0.2) is 0 Å². The van der Waals surface area contributed by atoms with Gasteiger partial charge < -0.3 is 10.2 Å². The molecule has 0 spiro atoms. The molecule has 3 nitrogen and oxygen atoms in total. The number of aliphatic hydroxyl groups excluding tert-OH is 1. The minimum atomic E-state index is -1.10. The summed E-state index contributed by atoms with van der Waals surface area (Å²) in [6, 6.07) is 9.07. The highest BCUT2D eigenvalue weighted by atomic mass is 32.1. The highest BCUT2D eigenvalue weighted by molar-refractivity contribution is 7.80. The number of rotatable bonds is 4. The number of hydrogen-bond donors (Lipinski definition) is 2. The average Bonchev–Trinajstić information content (AvgIpc) is 2.15. The topological polar surface area (TPSA) is 57.5 Å². The normalized spacial score (nSPS) is 12.0. The lowest BCUT2D eigenvalue weighted by Crippen LogP contribution is -2.24. The minimum absolute atomic E-state index is 0.228. The van der Waals surface area contributed by atoms with Crippen LogP contribution in [0, 0.1) is 5.92 Å². The third kappa shape index (κ3) is 2.81. The number of benzene rings is 1. The van der Waals surface area contributed by atoms with Crippen LogP contribution in [0.15, 0.2) is 30.3 Å². The maximum absolute atomic E-state index is 10.7. The zero-order chi connectivity index (χ0) is 10.6. The molecule has 0 heterocycles. The van der Waals surface area contributed by atoms with Crippen LogP contribution in [0.2, 0.25) is 0 Å². The molecule has 0 saturated carbocycles. The van der Waals surface area contributed by atoms with E-state index in [2.05, 4.69) is 12.2 Å². The highest BCUT2D eigenvalue weighted by Crippen LogP contribution is 2.10. The molecular formula is C10H10O3S. The Kier molecular flexibility index (Phi) is 3.59. The van der Waals surface area contributed by atoms with Gasteiger partial charge in [0, 0.05) is 0 Å². The lowest BCUT2D eigenvalue weighted by molar-refractivity contribution is -0.139. The van der Waals surface area contributed by atoms with Crippen LogP contribution < -0.4 is 0 Å². The Hall–Kier alpha value is -1.42. The zero-order valence-electron chi connectivity index (χ0n) is 7.38. The summed E-state index contributed by atoms with van der Waals surface area (Å²) < 4.78 is 0. The molecule has 1 aromatic carbocycles. The van der Waals surface area contributed by atoms with Gasteiger partial charge in [0.05, 0.1) is 0 Å². The van der Waals surface area contributed by atoms with Crippen molar-refractivity contribution >= 4 is 23.2 Å². The SMILES string of the molecule is O=C(O)C(Cc1ccccc1)C(O)=S. The van der Waals surface area contributed by atoms with Crippen molar-refractivity contribution in [3.05, 3.63) is 35.9 Å². The largest absolute Gasteiger partial charge is 0.501 e. The van der Waals surface area contributed by atoms with E-state index < -0.39 is 16.9 Å². The van der Waals surface area contributed by atoms with Crippen molar-refractivity contribution in [1.29, 1.82) is 0 Å². The van der Waals surface area contributed by atoms with Gasteiger partial charge in [0.15, 0.2) is 5.05 Å². The Balaban J connectivity index is 2.75. The summed E-state index contributed by atoms with van der Waals surface area (Å²) in [5, 5.41) is 17.3. The molecule has 0 aliphatic carbocycles. The molecule has 74 valence electrons. The first-order valence-electron chi connectivity index (χ1n) is 4.11. The second-order valence-corrected chi connectivity index (χ2v) is 3.34. The summed E-state index contributed by atoms with van der Waals surface area (Å²) in [7, 11) is 0. The van der Waals surface area contributed by atoms with Crippen molar-refractivity contribution in [2.24, 2.45) is 5.92 Å². The van der Waals surface area contributed by atoms with Crippen LogP contribution in [0.4, 0.5) is 0 Å². The van der Waals surface area contributed by atoms with Crippen LogP contribution in [-0.4, -0.2) is 21.2 Å². The second kappa shape index (κ2) is 4.72. The molecule has 0 aliphatic heterocycles. The Morgan fingerprint density at radius 3 is 2.29 bits per heavy atom. The van der Waals surface area contributed by atoms with Crippen LogP contribution in [0.25, 0.3) is 0 Å². The van der Waals surface area contributed by atoms with E-state index in [4.69, 9.17) is 10.2 Å². The van der Waals surface area contributed by atoms with Crippen molar-refractivity contribution in [2.75, 3.05) is 0 Å². The van der Waals surface area contributed by atoms with Crippen LogP contribution in [0.1, 0.15) is 5.56 Å². The third-order valence-electron chi connectivity index (χ3n) is 1.88. The van der Waals surface area contributed by atoms with Crippen molar-refractivity contribution < 1.29 is 15.0 Å². The quantitative estimate of drug-likeness (QED) is 0.744. The van der Waals surface area contributed by atoms with Crippen molar-refractivity contribution in [3.8, 4) is 0 Å². The molecule has 0 amide bonds. The van der Waals surface area contributed by atoms with E-state index in [1.165, 1.54) is 0 Å². The molecule has 0 radical (unpaired) electrons. The number of hydrogen-bond acceptors (Lipinski definition) is 2. The Bertz CT molecular complexity index is 320. The Labute approximate surface area is 87.0 Å². The minimum Gasteiger partial charge on any atom is -0.501 e. The zero-order valence-corrected chi connectivity index (χ0v) is 8.20. The Morgan fingerprint density at radius 2 is 1.86 bits per heavy atom. The predicted octanol–water partition coefficient (Wildman–Crippen LogP) is 1.82. The van der Waals surface area contributed by atoms with E-state index in [1.54, 1.807) is 12.1 Å². The number of carboxylic acid groups (broad SMARTS) is 1. The number of thiocarbonyl (C=S) groups is 1. The smallest absolute Gasteiger partial charge is 0.315 e. The molecule has 1 unspecified atom stereocenters. The summed E-state index contributed by atoms with van der Waals surface area (Å²) in [4.78, 5) is 10.7. The predicted molar refractivity (Wildman–Crippen MR) is 56.5 cm³/mol. The van der Waals surface area contributed by atoms with E-state index in [0.29, 0.717) is 0 Å². The van der Waals surface area contributed by atoms with Crippen molar-refractivity contribution in [2.45, 2.75) is 6.42 Å². The molecule has 0 bridgehead atoms. The van der Waals surface area contributed by atoms with Crippen LogP contribution in [0.3, 0.4) is 0 Å². The van der Waals surface area contributed by atoms with E-state index in [-0.39, 0.29) is 6.42 Å². The van der Waals surface area contributed by atoms with Crippen LogP contribution in [0.5, 0.6) is 0 Å². The summed E-state index contributed by atoms with van der Waals surface area (Å²) in [5.41, 5.74) is 0.844. The Morgan fingerprint density at radius 1 is 1.29 bits per heavy atom. The first kappa shape index (κ1) is 10.7. The van der Waals surface area contributed by atoms with Crippen LogP contribution >= 0.6 is 12.2 Å². The molecule has 0 saturated heterocycles. The van der Waals surface area contributed by atoms with E-state index in [0.717, 1.165) is 5.56 Å².